The van der Waals surface area contributed by atoms with Crippen molar-refractivity contribution in [3.05, 3.63) is 100 Å². The van der Waals surface area contributed by atoms with E-state index in [1.807, 2.05) is 61.5 Å². The number of ether oxygens (including phenoxy) is 2. The third-order valence-corrected chi connectivity index (χ3v) is 7.92. The van der Waals surface area contributed by atoms with E-state index in [1.54, 1.807) is 6.07 Å². The van der Waals surface area contributed by atoms with Crippen LogP contribution in [0.5, 0.6) is 5.75 Å². The van der Waals surface area contributed by atoms with Gasteiger partial charge in [0.1, 0.15) is 23.8 Å². The van der Waals surface area contributed by atoms with Crippen molar-refractivity contribution in [1.29, 1.82) is 0 Å². The van der Waals surface area contributed by atoms with Crippen LogP contribution in [0.15, 0.2) is 82.4 Å². The summed E-state index contributed by atoms with van der Waals surface area (Å²) in [6.45, 7) is 6.43. The van der Waals surface area contributed by atoms with Crippen LogP contribution in [0.4, 0.5) is 0 Å². The molecule has 0 saturated heterocycles. The van der Waals surface area contributed by atoms with Gasteiger partial charge in [0, 0.05) is 16.5 Å². The Hall–Kier alpha value is -3.54. The van der Waals surface area contributed by atoms with Crippen molar-refractivity contribution in [1.82, 2.24) is 5.16 Å². The first-order chi connectivity index (χ1) is 18.8. The first kappa shape index (κ1) is 27.0. The third-order valence-electron chi connectivity index (χ3n) is 6.97. The molecule has 1 aliphatic carbocycles. The van der Waals surface area contributed by atoms with Gasteiger partial charge in [-0.2, -0.15) is 0 Å². The van der Waals surface area contributed by atoms with Gasteiger partial charge in [0.25, 0.3) is 0 Å². The van der Waals surface area contributed by atoms with Crippen LogP contribution in [0.3, 0.4) is 0 Å². The SMILES string of the molecule is COC(=O)c1ccc2ccc(-c3ccc(OCc4c(C5=C(Cl)C=CC(C)C5Cl)noc4C(C)C)cc3)cc2c1. The van der Waals surface area contributed by atoms with Crippen LogP contribution < -0.4 is 4.74 Å². The summed E-state index contributed by atoms with van der Waals surface area (Å²) in [5.41, 5.74) is 4.87. The number of alkyl halides is 1. The first-order valence-corrected chi connectivity index (χ1v) is 13.6. The molecule has 0 radical (unpaired) electrons. The van der Waals surface area contributed by atoms with Gasteiger partial charge in [-0.1, -0.05) is 73.9 Å². The van der Waals surface area contributed by atoms with E-state index < -0.39 is 0 Å². The standard InChI is InChI=1S/C32H29Cl2NO4/c1-18(2)31-26(30(35-39-31)28-27(33)14-5-19(3)29(28)34)17-38-25-12-10-20(11-13-25)22-8-6-21-7-9-23(32(36)37-4)16-24(21)15-22/h5-16,18-19,29H,17H2,1-4H3. The molecule has 1 aromatic heterocycles. The van der Waals surface area contributed by atoms with Crippen molar-refractivity contribution in [2.24, 2.45) is 5.92 Å². The van der Waals surface area contributed by atoms with Gasteiger partial charge < -0.3 is 14.0 Å². The zero-order chi connectivity index (χ0) is 27.7. The highest BCUT2D eigenvalue weighted by molar-refractivity contribution is 6.38. The maximum absolute atomic E-state index is 11.9. The summed E-state index contributed by atoms with van der Waals surface area (Å²) in [6.07, 6.45) is 3.87. The Morgan fingerprint density at radius 2 is 1.74 bits per heavy atom. The van der Waals surface area contributed by atoms with Gasteiger partial charge in [0.15, 0.2) is 0 Å². The van der Waals surface area contributed by atoms with Gasteiger partial charge in [0.2, 0.25) is 0 Å². The van der Waals surface area contributed by atoms with Gasteiger partial charge in [0.05, 0.1) is 23.6 Å². The van der Waals surface area contributed by atoms with Crippen LogP contribution in [0.2, 0.25) is 0 Å². The number of nitrogens with zero attached hydrogens (tertiary/aromatic N) is 1. The highest BCUT2D eigenvalue weighted by Crippen LogP contribution is 2.40. The number of benzene rings is 3. The van der Waals surface area contributed by atoms with Crippen LogP contribution in [-0.2, 0) is 11.3 Å². The number of rotatable bonds is 7. The summed E-state index contributed by atoms with van der Waals surface area (Å²) in [6, 6.07) is 19.6. The molecule has 0 saturated carbocycles. The molecule has 7 heteroatoms. The van der Waals surface area contributed by atoms with Crippen molar-refractivity contribution in [2.45, 2.75) is 38.7 Å². The quantitative estimate of drug-likeness (QED) is 0.167. The molecule has 0 N–H and O–H groups in total. The molecule has 2 unspecified atom stereocenters. The fourth-order valence-corrected chi connectivity index (χ4v) is 5.40. The zero-order valence-corrected chi connectivity index (χ0v) is 23.7. The van der Waals surface area contributed by atoms with Crippen LogP contribution in [0.1, 0.15) is 54.1 Å². The highest BCUT2D eigenvalue weighted by atomic mass is 35.5. The summed E-state index contributed by atoms with van der Waals surface area (Å²) in [5, 5.41) is 6.64. The van der Waals surface area contributed by atoms with E-state index >= 15 is 0 Å². The number of carbonyl (C=O) groups is 1. The zero-order valence-electron chi connectivity index (χ0n) is 22.2. The van der Waals surface area contributed by atoms with Crippen LogP contribution >= 0.6 is 23.2 Å². The van der Waals surface area contributed by atoms with Gasteiger partial charge in [-0.15, -0.1) is 11.6 Å². The lowest BCUT2D eigenvalue weighted by molar-refractivity contribution is 0.0601. The molecule has 39 heavy (non-hydrogen) atoms. The topological polar surface area (TPSA) is 61.6 Å². The molecule has 0 fully saturated rings. The number of carbonyl (C=O) groups excluding carboxylic acids is 1. The number of esters is 1. The minimum Gasteiger partial charge on any atom is -0.489 e. The maximum Gasteiger partial charge on any atom is 0.337 e. The molecule has 1 heterocycles. The van der Waals surface area contributed by atoms with Gasteiger partial charge in [-0.3, -0.25) is 0 Å². The lowest BCUT2D eigenvalue weighted by atomic mass is 9.90. The smallest absolute Gasteiger partial charge is 0.337 e. The largest absolute Gasteiger partial charge is 0.489 e. The molecule has 5 rings (SSSR count). The molecule has 3 aromatic carbocycles. The number of methoxy groups -OCH3 is 1. The molecular formula is C32H29Cl2NO4. The summed E-state index contributed by atoms with van der Waals surface area (Å²) in [4.78, 5) is 11.9. The van der Waals surface area contributed by atoms with Crippen molar-refractivity contribution < 1.29 is 18.8 Å². The molecule has 0 aliphatic heterocycles. The van der Waals surface area contributed by atoms with Gasteiger partial charge in [-0.25, -0.2) is 4.79 Å². The minimum atomic E-state index is -0.352. The van der Waals surface area contributed by atoms with Crippen LogP contribution in [0, 0.1) is 5.92 Å². The summed E-state index contributed by atoms with van der Waals surface area (Å²) >= 11 is 13.3. The van der Waals surface area contributed by atoms with Crippen molar-refractivity contribution in [3.8, 4) is 16.9 Å². The second-order valence-corrected chi connectivity index (χ2v) is 10.9. The lowest BCUT2D eigenvalue weighted by Gasteiger charge is -2.22. The first-order valence-electron chi connectivity index (χ1n) is 12.8. The predicted molar refractivity (Wildman–Crippen MR) is 156 cm³/mol. The second kappa shape index (κ2) is 11.3. The molecule has 2 atom stereocenters. The highest BCUT2D eigenvalue weighted by Gasteiger charge is 2.31. The summed E-state index contributed by atoms with van der Waals surface area (Å²) in [7, 11) is 1.38. The Kier molecular flexibility index (Phi) is 7.83. The fourth-order valence-electron chi connectivity index (χ4n) is 4.76. The number of hydrogen-bond donors (Lipinski definition) is 0. The number of hydrogen-bond acceptors (Lipinski definition) is 5. The molecule has 200 valence electrons. The maximum atomic E-state index is 11.9. The van der Waals surface area contributed by atoms with Crippen molar-refractivity contribution in [3.63, 3.8) is 0 Å². The molecule has 0 amide bonds. The molecular weight excluding hydrogens is 533 g/mol. The normalized spacial score (nSPS) is 17.2. The van der Waals surface area contributed by atoms with Crippen LogP contribution in [-0.4, -0.2) is 23.6 Å². The average molecular weight is 562 g/mol. The predicted octanol–water partition coefficient (Wildman–Crippen LogP) is 8.75. The van der Waals surface area contributed by atoms with Crippen molar-refractivity contribution in [2.75, 3.05) is 7.11 Å². The van der Waals surface area contributed by atoms with E-state index in [0.717, 1.165) is 38.8 Å². The lowest BCUT2D eigenvalue weighted by Crippen LogP contribution is -2.17. The van der Waals surface area contributed by atoms with E-state index in [9.17, 15) is 4.79 Å². The second-order valence-electron chi connectivity index (χ2n) is 9.99. The molecule has 0 spiro atoms. The molecule has 5 nitrogen and oxygen atoms in total. The van der Waals surface area contributed by atoms with E-state index in [-0.39, 0.29) is 29.8 Å². The average Bonchev–Trinajstić information content (AvgIpc) is 3.37. The Morgan fingerprint density at radius 3 is 2.46 bits per heavy atom. The fraction of sp³-hybridized carbons (Fsp3) is 0.250. The Morgan fingerprint density at radius 1 is 1.03 bits per heavy atom. The summed E-state index contributed by atoms with van der Waals surface area (Å²) in [5.74, 6) is 1.35. The van der Waals surface area contributed by atoms with Gasteiger partial charge >= 0.3 is 5.97 Å². The van der Waals surface area contributed by atoms with E-state index in [2.05, 4.69) is 31.1 Å². The van der Waals surface area contributed by atoms with E-state index in [4.69, 9.17) is 37.2 Å². The van der Waals surface area contributed by atoms with E-state index in [0.29, 0.717) is 22.0 Å². The number of halogens is 2. The molecule has 0 bridgehead atoms. The van der Waals surface area contributed by atoms with Gasteiger partial charge in [-0.05, 0) is 64.2 Å². The minimum absolute atomic E-state index is 0.115. The number of allylic oxidation sites excluding steroid dienone is 4. The number of fused-ring (bicyclic) bond motifs is 1. The number of aromatic nitrogens is 1. The van der Waals surface area contributed by atoms with Crippen LogP contribution in [0.25, 0.3) is 27.5 Å². The molecule has 4 aromatic rings. The Labute approximate surface area is 238 Å². The Balaban J connectivity index is 1.38. The summed E-state index contributed by atoms with van der Waals surface area (Å²) < 4.78 is 16.8. The monoisotopic (exact) mass is 561 g/mol. The van der Waals surface area contributed by atoms with Crippen molar-refractivity contribution >= 4 is 45.5 Å². The van der Waals surface area contributed by atoms with E-state index in [1.165, 1.54) is 7.11 Å². The third kappa shape index (κ3) is 5.47. The Bertz CT molecular complexity index is 1580. The molecule has 1 aliphatic rings.